The molecular formula is C24H19F3O3. The Morgan fingerprint density at radius 1 is 0.833 bits per heavy atom. The van der Waals surface area contributed by atoms with Crippen LogP contribution < -0.4 is 0 Å². The molecule has 1 N–H and O–H groups in total. The maximum atomic E-state index is 14.8. The predicted octanol–water partition coefficient (Wildman–Crippen LogP) is 5.79. The van der Waals surface area contributed by atoms with Gasteiger partial charge in [0.1, 0.15) is 5.82 Å². The van der Waals surface area contributed by atoms with Gasteiger partial charge in [-0.2, -0.15) is 4.39 Å². The number of ether oxygens (including phenoxy) is 2. The van der Waals surface area contributed by atoms with Gasteiger partial charge in [0.05, 0.1) is 13.2 Å². The normalized spacial score (nSPS) is 18.9. The Hall–Kier alpha value is -3.09. The monoisotopic (exact) mass is 412 g/mol. The van der Waals surface area contributed by atoms with Crippen LogP contribution in [0.1, 0.15) is 11.5 Å². The maximum absolute atomic E-state index is 14.8. The summed E-state index contributed by atoms with van der Waals surface area (Å²) in [6, 6.07) is 13.8. The fourth-order valence-corrected chi connectivity index (χ4v) is 3.46. The van der Waals surface area contributed by atoms with Crippen LogP contribution in [0.4, 0.5) is 13.2 Å². The van der Waals surface area contributed by atoms with E-state index in [1.165, 1.54) is 12.1 Å². The van der Waals surface area contributed by atoms with Gasteiger partial charge in [0.15, 0.2) is 17.9 Å². The minimum atomic E-state index is -1.30. The highest BCUT2D eigenvalue weighted by atomic mass is 19.2. The molecule has 3 nitrogen and oxygen atoms in total. The highest BCUT2D eigenvalue weighted by molar-refractivity contribution is 5.71. The van der Waals surface area contributed by atoms with Crippen LogP contribution in [0, 0.1) is 17.5 Å². The standard InChI is InChI=1S/C24H19F3O3/c1-2-22-29-12-17(13-30-22)16-7-8-18(20(25)11-16)14-3-5-15(6-4-14)19-9-10-21(28)24(27)23(19)26/h2-11,17,22,28H,1,12-13H2. The van der Waals surface area contributed by atoms with Gasteiger partial charge in [-0.1, -0.05) is 43.0 Å². The third kappa shape index (κ3) is 3.84. The van der Waals surface area contributed by atoms with Crippen molar-refractivity contribution in [1.29, 1.82) is 0 Å². The average molecular weight is 412 g/mol. The Kier molecular flexibility index (Phi) is 5.61. The van der Waals surface area contributed by atoms with E-state index in [0.29, 0.717) is 29.9 Å². The summed E-state index contributed by atoms with van der Waals surface area (Å²) in [6.45, 7) is 4.45. The minimum Gasteiger partial charge on any atom is -0.505 e. The summed E-state index contributed by atoms with van der Waals surface area (Å²) in [5.74, 6) is -3.64. The minimum absolute atomic E-state index is 0.0165. The summed E-state index contributed by atoms with van der Waals surface area (Å²) in [6.07, 6.45) is 1.14. The fourth-order valence-electron chi connectivity index (χ4n) is 3.46. The van der Waals surface area contributed by atoms with Gasteiger partial charge in [0.2, 0.25) is 5.82 Å². The smallest absolute Gasteiger partial charge is 0.200 e. The Balaban J connectivity index is 1.56. The molecule has 0 radical (unpaired) electrons. The molecule has 6 heteroatoms. The molecule has 0 spiro atoms. The molecule has 0 amide bonds. The van der Waals surface area contributed by atoms with Gasteiger partial charge in [-0.3, -0.25) is 0 Å². The first kappa shape index (κ1) is 20.2. The lowest BCUT2D eigenvalue weighted by Crippen LogP contribution is -2.29. The first-order chi connectivity index (χ1) is 14.5. The molecule has 4 rings (SSSR count). The van der Waals surface area contributed by atoms with Crippen molar-refractivity contribution in [2.75, 3.05) is 13.2 Å². The fraction of sp³-hybridized carbons (Fsp3) is 0.167. The van der Waals surface area contributed by atoms with E-state index in [-0.39, 0.29) is 11.5 Å². The first-order valence-electron chi connectivity index (χ1n) is 9.41. The molecule has 30 heavy (non-hydrogen) atoms. The molecule has 0 atom stereocenters. The van der Waals surface area contributed by atoms with Gasteiger partial charge in [-0.25, -0.2) is 8.78 Å². The average Bonchev–Trinajstić information content (AvgIpc) is 2.78. The van der Waals surface area contributed by atoms with Crippen LogP contribution in [-0.4, -0.2) is 24.6 Å². The molecule has 1 aliphatic heterocycles. The van der Waals surface area contributed by atoms with Crippen molar-refractivity contribution < 1.29 is 27.8 Å². The first-order valence-corrected chi connectivity index (χ1v) is 9.41. The molecule has 1 aliphatic rings. The maximum Gasteiger partial charge on any atom is 0.200 e. The van der Waals surface area contributed by atoms with E-state index in [1.807, 2.05) is 6.07 Å². The molecule has 154 valence electrons. The zero-order chi connectivity index (χ0) is 21.3. The molecule has 0 aliphatic carbocycles. The lowest BCUT2D eigenvalue weighted by Gasteiger charge is -2.28. The van der Waals surface area contributed by atoms with Gasteiger partial charge >= 0.3 is 0 Å². The second-order valence-electron chi connectivity index (χ2n) is 7.04. The van der Waals surface area contributed by atoms with Gasteiger partial charge in [0.25, 0.3) is 0 Å². The number of hydrogen-bond donors (Lipinski definition) is 1. The Labute approximate surface area is 172 Å². The summed E-state index contributed by atoms with van der Waals surface area (Å²) in [5.41, 5.74) is 2.20. The molecule has 0 saturated carbocycles. The van der Waals surface area contributed by atoms with Crippen molar-refractivity contribution in [2.24, 2.45) is 0 Å². The van der Waals surface area contributed by atoms with Crippen LogP contribution in [0.2, 0.25) is 0 Å². The SMILES string of the molecule is C=CC1OCC(c2ccc(-c3ccc(-c4ccc(O)c(F)c4F)cc3)c(F)c2)CO1. The van der Waals surface area contributed by atoms with Crippen molar-refractivity contribution in [3.05, 3.63) is 90.3 Å². The van der Waals surface area contributed by atoms with Gasteiger partial charge < -0.3 is 14.6 Å². The van der Waals surface area contributed by atoms with Crippen molar-refractivity contribution in [3.8, 4) is 28.0 Å². The zero-order valence-corrected chi connectivity index (χ0v) is 15.9. The Morgan fingerprint density at radius 3 is 2.03 bits per heavy atom. The van der Waals surface area contributed by atoms with Crippen LogP contribution in [0.15, 0.2) is 67.3 Å². The molecule has 3 aromatic rings. The number of benzene rings is 3. The molecule has 3 aromatic carbocycles. The molecule has 1 heterocycles. The highest BCUT2D eigenvalue weighted by Crippen LogP contribution is 2.32. The van der Waals surface area contributed by atoms with Gasteiger partial charge in [-0.15, -0.1) is 0 Å². The summed E-state index contributed by atoms with van der Waals surface area (Å²) < 4.78 is 53.5. The van der Waals surface area contributed by atoms with E-state index >= 15 is 0 Å². The lowest BCUT2D eigenvalue weighted by atomic mass is 9.95. The zero-order valence-electron chi connectivity index (χ0n) is 15.9. The van der Waals surface area contributed by atoms with Crippen molar-refractivity contribution in [1.82, 2.24) is 0 Å². The number of rotatable bonds is 4. The molecule has 1 fully saturated rings. The Bertz CT molecular complexity index is 1070. The molecule has 0 unspecified atom stereocenters. The predicted molar refractivity (Wildman–Crippen MR) is 107 cm³/mol. The largest absolute Gasteiger partial charge is 0.505 e. The van der Waals surface area contributed by atoms with E-state index in [2.05, 4.69) is 6.58 Å². The number of phenols is 1. The highest BCUT2D eigenvalue weighted by Gasteiger charge is 2.22. The summed E-state index contributed by atoms with van der Waals surface area (Å²) >= 11 is 0. The summed E-state index contributed by atoms with van der Waals surface area (Å²) in [4.78, 5) is 0. The van der Waals surface area contributed by atoms with E-state index in [1.54, 1.807) is 36.4 Å². The van der Waals surface area contributed by atoms with Gasteiger partial charge in [-0.05, 0) is 41.0 Å². The van der Waals surface area contributed by atoms with Crippen molar-refractivity contribution in [2.45, 2.75) is 12.2 Å². The van der Waals surface area contributed by atoms with E-state index < -0.39 is 29.5 Å². The number of phenolic OH excluding ortho intramolecular Hbond substituents is 1. The molecule has 0 aromatic heterocycles. The van der Waals surface area contributed by atoms with E-state index in [0.717, 1.165) is 11.6 Å². The van der Waals surface area contributed by atoms with E-state index in [4.69, 9.17) is 9.47 Å². The van der Waals surface area contributed by atoms with E-state index in [9.17, 15) is 18.3 Å². The lowest BCUT2D eigenvalue weighted by molar-refractivity contribution is -0.159. The molecule has 0 bridgehead atoms. The van der Waals surface area contributed by atoms with Crippen LogP contribution in [-0.2, 0) is 9.47 Å². The number of aromatic hydroxyl groups is 1. The quantitative estimate of drug-likeness (QED) is 0.552. The molecule has 1 saturated heterocycles. The third-order valence-corrected chi connectivity index (χ3v) is 5.15. The third-order valence-electron chi connectivity index (χ3n) is 5.15. The number of halogens is 3. The topological polar surface area (TPSA) is 38.7 Å². The van der Waals surface area contributed by atoms with Crippen molar-refractivity contribution in [3.63, 3.8) is 0 Å². The molecular weight excluding hydrogens is 393 g/mol. The van der Waals surface area contributed by atoms with Crippen molar-refractivity contribution >= 4 is 0 Å². The van der Waals surface area contributed by atoms with Crippen LogP contribution in [0.5, 0.6) is 5.75 Å². The van der Waals surface area contributed by atoms with Crippen LogP contribution in [0.3, 0.4) is 0 Å². The second kappa shape index (κ2) is 8.34. The Morgan fingerprint density at radius 2 is 1.43 bits per heavy atom. The van der Waals surface area contributed by atoms with Crippen LogP contribution in [0.25, 0.3) is 22.3 Å². The summed E-state index contributed by atoms with van der Waals surface area (Å²) in [5, 5.41) is 9.26. The van der Waals surface area contributed by atoms with Gasteiger partial charge in [0, 0.05) is 17.0 Å². The van der Waals surface area contributed by atoms with Crippen LogP contribution >= 0.6 is 0 Å². The second-order valence-corrected chi connectivity index (χ2v) is 7.04. The number of hydrogen-bond acceptors (Lipinski definition) is 3. The summed E-state index contributed by atoms with van der Waals surface area (Å²) in [7, 11) is 0.